The summed E-state index contributed by atoms with van der Waals surface area (Å²) in [6.07, 6.45) is 1.00. The summed E-state index contributed by atoms with van der Waals surface area (Å²) in [7, 11) is 1.43. The van der Waals surface area contributed by atoms with E-state index in [0.717, 1.165) is 30.0 Å². The highest BCUT2D eigenvalue weighted by molar-refractivity contribution is 7.99. The van der Waals surface area contributed by atoms with Crippen LogP contribution < -0.4 is 10.1 Å². The third kappa shape index (κ3) is 4.06. The molecule has 1 fully saturated rings. The van der Waals surface area contributed by atoms with Crippen molar-refractivity contribution in [3.05, 3.63) is 29.6 Å². The molecule has 0 radical (unpaired) electrons. The number of carbonyl (C=O) groups is 1. The topological polar surface area (TPSA) is 41.6 Å². The molecule has 2 rings (SSSR count). The van der Waals surface area contributed by atoms with Gasteiger partial charge in [-0.2, -0.15) is 11.8 Å². The average molecular weight is 326 g/mol. The van der Waals surface area contributed by atoms with Crippen LogP contribution in [0.5, 0.6) is 5.75 Å². The van der Waals surface area contributed by atoms with Gasteiger partial charge in [0.05, 0.1) is 13.2 Å². The molecule has 1 aromatic carbocycles. The van der Waals surface area contributed by atoms with Crippen molar-refractivity contribution in [2.45, 2.75) is 32.4 Å². The number of nitrogens with zero attached hydrogens (tertiary/aromatic N) is 1. The molecule has 1 aliphatic rings. The van der Waals surface area contributed by atoms with Gasteiger partial charge in [-0.3, -0.25) is 0 Å². The molecule has 122 valence electrons. The molecule has 1 aliphatic heterocycles. The standard InChI is InChI=1S/C16H23FN2O2S/c1-11-6-8-22-9-7-19(11)16(20)18-12(2)13-4-5-15(21-3)14(17)10-13/h4-5,10-12H,6-9H2,1-3H3,(H,18,20)/t11-,12-/m0/s1. The lowest BCUT2D eigenvalue weighted by atomic mass is 10.1. The maximum Gasteiger partial charge on any atom is 0.318 e. The van der Waals surface area contributed by atoms with Crippen molar-refractivity contribution >= 4 is 17.8 Å². The van der Waals surface area contributed by atoms with E-state index in [1.165, 1.54) is 13.2 Å². The van der Waals surface area contributed by atoms with Gasteiger partial charge in [-0.15, -0.1) is 0 Å². The van der Waals surface area contributed by atoms with Crippen LogP contribution in [-0.4, -0.2) is 42.1 Å². The number of methoxy groups -OCH3 is 1. The van der Waals surface area contributed by atoms with E-state index in [2.05, 4.69) is 12.2 Å². The molecule has 2 atom stereocenters. The second-order valence-corrected chi connectivity index (χ2v) is 6.73. The van der Waals surface area contributed by atoms with Gasteiger partial charge < -0.3 is 15.0 Å². The number of benzene rings is 1. The molecule has 0 bridgehead atoms. The number of ether oxygens (including phenoxy) is 1. The van der Waals surface area contributed by atoms with Gasteiger partial charge in [-0.05, 0) is 43.7 Å². The smallest absolute Gasteiger partial charge is 0.318 e. The largest absolute Gasteiger partial charge is 0.494 e. The third-order valence-electron chi connectivity index (χ3n) is 3.97. The maximum absolute atomic E-state index is 13.8. The highest BCUT2D eigenvalue weighted by atomic mass is 32.2. The van der Waals surface area contributed by atoms with Gasteiger partial charge in [-0.1, -0.05) is 6.07 Å². The number of carbonyl (C=O) groups excluding carboxylic acids is 1. The number of urea groups is 1. The Bertz CT molecular complexity index is 527. The zero-order valence-electron chi connectivity index (χ0n) is 13.3. The lowest BCUT2D eigenvalue weighted by molar-refractivity contribution is 0.180. The first-order valence-electron chi connectivity index (χ1n) is 7.51. The number of thioether (sulfide) groups is 1. The van der Waals surface area contributed by atoms with E-state index in [4.69, 9.17) is 4.74 Å². The van der Waals surface area contributed by atoms with Crippen LogP contribution in [0, 0.1) is 5.82 Å². The van der Waals surface area contributed by atoms with Crippen molar-refractivity contribution in [2.24, 2.45) is 0 Å². The Morgan fingerprint density at radius 1 is 1.50 bits per heavy atom. The number of nitrogens with one attached hydrogen (secondary N) is 1. The summed E-state index contributed by atoms with van der Waals surface area (Å²) in [5.74, 6) is 1.84. The molecule has 0 aromatic heterocycles. The summed E-state index contributed by atoms with van der Waals surface area (Å²) in [6.45, 7) is 4.68. The predicted octanol–water partition coefficient (Wildman–Crippen LogP) is 3.43. The molecule has 6 heteroatoms. The van der Waals surface area contributed by atoms with Crippen LogP contribution >= 0.6 is 11.8 Å². The van der Waals surface area contributed by atoms with E-state index in [0.29, 0.717) is 0 Å². The van der Waals surface area contributed by atoms with Gasteiger partial charge in [0.15, 0.2) is 11.6 Å². The van der Waals surface area contributed by atoms with E-state index in [1.807, 2.05) is 23.6 Å². The third-order valence-corrected chi connectivity index (χ3v) is 4.96. The fourth-order valence-corrected chi connectivity index (χ4v) is 3.54. The molecule has 1 saturated heterocycles. The van der Waals surface area contributed by atoms with Crippen molar-refractivity contribution < 1.29 is 13.9 Å². The van der Waals surface area contributed by atoms with Gasteiger partial charge in [0, 0.05) is 18.3 Å². The zero-order chi connectivity index (χ0) is 16.1. The molecule has 1 heterocycles. The average Bonchev–Trinajstić information content (AvgIpc) is 2.71. The van der Waals surface area contributed by atoms with Crippen LogP contribution in [0.1, 0.15) is 31.9 Å². The normalized spacial score (nSPS) is 20.2. The Morgan fingerprint density at radius 2 is 2.27 bits per heavy atom. The van der Waals surface area contributed by atoms with E-state index in [9.17, 15) is 9.18 Å². The number of rotatable bonds is 3. The molecule has 1 N–H and O–H groups in total. The van der Waals surface area contributed by atoms with Crippen molar-refractivity contribution in [3.8, 4) is 5.75 Å². The summed E-state index contributed by atoms with van der Waals surface area (Å²) in [5.41, 5.74) is 0.725. The highest BCUT2D eigenvalue weighted by Crippen LogP contribution is 2.22. The summed E-state index contributed by atoms with van der Waals surface area (Å²) < 4.78 is 18.7. The molecule has 0 unspecified atom stereocenters. The highest BCUT2D eigenvalue weighted by Gasteiger charge is 2.23. The SMILES string of the molecule is COc1ccc([C@H](C)NC(=O)N2CCSCC[C@@H]2C)cc1F. The molecule has 0 aliphatic carbocycles. The molecule has 1 aromatic rings. The number of hydrogen-bond acceptors (Lipinski definition) is 3. The fourth-order valence-electron chi connectivity index (χ4n) is 2.50. The number of halogens is 1. The summed E-state index contributed by atoms with van der Waals surface area (Å²) in [6, 6.07) is 4.66. The molecular formula is C16H23FN2O2S. The Balaban J connectivity index is 2.02. The Morgan fingerprint density at radius 3 is 2.95 bits per heavy atom. The second-order valence-electron chi connectivity index (χ2n) is 5.51. The van der Waals surface area contributed by atoms with E-state index in [-0.39, 0.29) is 23.9 Å². The Kier molecular flexibility index (Phi) is 5.94. The van der Waals surface area contributed by atoms with Gasteiger partial charge >= 0.3 is 6.03 Å². The van der Waals surface area contributed by atoms with Gasteiger partial charge in [0.1, 0.15) is 0 Å². The zero-order valence-corrected chi connectivity index (χ0v) is 14.1. The molecule has 0 saturated carbocycles. The van der Waals surface area contributed by atoms with Gasteiger partial charge in [0.25, 0.3) is 0 Å². The monoisotopic (exact) mass is 326 g/mol. The summed E-state index contributed by atoms with van der Waals surface area (Å²) in [4.78, 5) is 14.3. The Labute approximate surface area is 135 Å². The first-order valence-corrected chi connectivity index (χ1v) is 8.66. The minimum absolute atomic E-state index is 0.0845. The van der Waals surface area contributed by atoms with Crippen molar-refractivity contribution in [3.63, 3.8) is 0 Å². The van der Waals surface area contributed by atoms with Crippen LogP contribution in [0.3, 0.4) is 0 Å². The predicted molar refractivity (Wildman–Crippen MR) is 88.0 cm³/mol. The number of hydrogen-bond donors (Lipinski definition) is 1. The van der Waals surface area contributed by atoms with Crippen LogP contribution in [0.2, 0.25) is 0 Å². The number of amides is 2. The Hall–Kier alpha value is -1.43. The van der Waals surface area contributed by atoms with E-state index < -0.39 is 5.82 Å². The first-order chi connectivity index (χ1) is 10.5. The lowest BCUT2D eigenvalue weighted by Crippen LogP contribution is -2.46. The van der Waals surface area contributed by atoms with Crippen molar-refractivity contribution in [1.82, 2.24) is 10.2 Å². The minimum Gasteiger partial charge on any atom is -0.494 e. The molecular weight excluding hydrogens is 303 g/mol. The fraction of sp³-hybridized carbons (Fsp3) is 0.562. The molecule has 22 heavy (non-hydrogen) atoms. The van der Waals surface area contributed by atoms with Gasteiger partial charge in [0.2, 0.25) is 0 Å². The van der Waals surface area contributed by atoms with Crippen LogP contribution in [0.15, 0.2) is 18.2 Å². The second kappa shape index (κ2) is 7.72. The molecule has 0 spiro atoms. The van der Waals surface area contributed by atoms with Crippen LogP contribution in [0.4, 0.5) is 9.18 Å². The van der Waals surface area contributed by atoms with Crippen LogP contribution in [-0.2, 0) is 0 Å². The summed E-state index contributed by atoms with van der Waals surface area (Å²) in [5, 5.41) is 2.96. The summed E-state index contributed by atoms with van der Waals surface area (Å²) >= 11 is 1.88. The van der Waals surface area contributed by atoms with E-state index >= 15 is 0 Å². The van der Waals surface area contributed by atoms with E-state index in [1.54, 1.807) is 12.1 Å². The molecule has 2 amide bonds. The maximum atomic E-state index is 13.8. The van der Waals surface area contributed by atoms with Crippen LogP contribution in [0.25, 0.3) is 0 Å². The van der Waals surface area contributed by atoms with Crippen molar-refractivity contribution in [2.75, 3.05) is 25.2 Å². The molecule has 4 nitrogen and oxygen atoms in total. The van der Waals surface area contributed by atoms with Crippen molar-refractivity contribution in [1.29, 1.82) is 0 Å². The lowest BCUT2D eigenvalue weighted by Gasteiger charge is -2.28. The minimum atomic E-state index is -0.416. The first kappa shape index (κ1) is 16.9. The quantitative estimate of drug-likeness (QED) is 0.925. The van der Waals surface area contributed by atoms with Gasteiger partial charge in [-0.25, -0.2) is 9.18 Å².